The summed E-state index contributed by atoms with van der Waals surface area (Å²) in [5, 5.41) is 0. The average Bonchev–Trinajstić information content (AvgIpc) is 2.89. The Hall–Kier alpha value is -2.70. The molecule has 26 heavy (non-hydrogen) atoms. The number of ether oxygens (including phenoxy) is 1. The Labute approximate surface area is 146 Å². The van der Waals surface area contributed by atoms with Crippen LogP contribution in [0.25, 0.3) is 0 Å². The van der Waals surface area contributed by atoms with Gasteiger partial charge in [-0.3, -0.25) is 4.79 Å². The monoisotopic (exact) mass is 366 g/mol. The van der Waals surface area contributed by atoms with Crippen LogP contribution < -0.4 is 0 Å². The van der Waals surface area contributed by atoms with Crippen LogP contribution in [-0.4, -0.2) is 18.4 Å². The second-order valence-corrected chi connectivity index (χ2v) is 5.90. The molecule has 3 rings (SSSR count). The molecule has 0 radical (unpaired) electrons. The minimum atomic E-state index is -4.59. The number of halogens is 4. The molecule has 7 heteroatoms. The van der Waals surface area contributed by atoms with Crippen molar-refractivity contribution in [2.45, 2.75) is 25.4 Å². The van der Waals surface area contributed by atoms with Crippen LogP contribution in [0.1, 0.15) is 56.7 Å². The smallest absolute Gasteiger partial charge is 0.416 e. The van der Waals surface area contributed by atoms with Gasteiger partial charge < -0.3 is 4.74 Å². The number of hydrogen-bond acceptors (Lipinski definition) is 3. The first-order valence-corrected chi connectivity index (χ1v) is 7.94. The topological polar surface area (TPSA) is 43.4 Å². The molecular weight excluding hydrogens is 352 g/mol. The summed E-state index contributed by atoms with van der Waals surface area (Å²) >= 11 is 0. The first-order chi connectivity index (χ1) is 12.2. The van der Waals surface area contributed by atoms with E-state index in [2.05, 4.69) is 0 Å². The van der Waals surface area contributed by atoms with E-state index < -0.39 is 40.8 Å². The number of Topliss-reactive ketones (excluding diaryl/α,β-unsaturated/α-hetero) is 1. The Morgan fingerprint density at radius 3 is 2.54 bits per heavy atom. The summed E-state index contributed by atoms with van der Waals surface area (Å²) < 4.78 is 58.9. The lowest BCUT2D eigenvalue weighted by Crippen LogP contribution is -2.13. The maximum absolute atomic E-state index is 14.2. The van der Waals surface area contributed by atoms with Crippen molar-refractivity contribution in [3.8, 4) is 0 Å². The molecule has 0 saturated heterocycles. The Kier molecular flexibility index (Phi) is 4.56. The summed E-state index contributed by atoms with van der Waals surface area (Å²) in [5.41, 5.74) is -1.12. The van der Waals surface area contributed by atoms with Crippen molar-refractivity contribution in [1.82, 2.24) is 0 Å². The fourth-order valence-electron chi connectivity index (χ4n) is 3.23. The van der Waals surface area contributed by atoms with E-state index in [9.17, 15) is 27.2 Å². The molecule has 0 spiro atoms. The highest BCUT2D eigenvalue weighted by Crippen LogP contribution is 2.44. The van der Waals surface area contributed by atoms with E-state index in [4.69, 9.17) is 4.74 Å². The fourth-order valence-corrected chi connectivity index (χ4v) is 3.23. The Balaban J connectivity index is 2.15. The van der Waals surface area contributed by atoms with Gasteiger partial charge in [-0.1, -0.05) is 18.2 Å². The van der Waals surface area contributed by atoms with E-state index in [0.29, 0.717) is 0 Å². The maximum Gasteiger partial charge on any atom is 0.416 e. The lowest BCUT2D eigenvalue weighted by atomic mass is 9.88. The molecule has 2 aromatic rings. The maximum atomic E-state index is 14.2. The number of rotatable bonds is 3. The fraction of sp³-hybridized carbons (Fsp3) is 0.263. The van der Waals surface area contributed by atoms with Crippen molar-refractivity contribution in [2.75, 3.05) is 6.61 Å². The molecule has 1 aliphatic carbocycles. The van der Waals surface area contributed by atoms with Crippen LogP contribution in [0.15, 0.2) is 36.4 Å². The predicted octanol–water partition coefficient (Wildman–Crippen LogP) is 4.74. The molecule has 3 nitrogen and oxygen atoms in total. The molecule has 0 N–H and O–H groups in total. The second kappa shape index (κ2) is 6.55. The van der Waals surface area contributed by atoms with E-state index in [1.54, 1.807) is 6.92 Å². The third-order valence-electron chi connectivity index (χ3n) is 4.34. The summed E-state index contributed by atoms with van der Waals surface area (Å²) in [6, 6.07) is 6.98. The largest absolute Gasteiger partial charge is 0.462 e. The van der Waals surface area contributed by atoms with Crippen molar-refractivity contribution >= 4 is 11.8 Å². The lowest BCUT2D eigenvalue weighted by molar-refractivity contribution is -0.138. The Bertz CT molecular complexity index is 887. The van der Waals surface area contributed by atoms with Crippen molar-refractivity contribution in [2.24, 2.45) is 0 Å². The summed E-state index contributed by atoms with van der Waals surface area (Å²) in [6.07, 6.45) is -4.81. The summed E-state index contributed by atoms with van der Waals surface area (Å²) in [6.45, 7) is 1.57. The minimum Gasteiger partial charge on any atom is -0.462 e. The van der Waals surface area contributed by atoms with Gasteiger partial charge in [0.2, 0.25) is 0 Å². The van der Waals surface area contributed by atoms with E-state index in [0.717, 1.165) is 18.2 Å². The Morgan fingerprint density at radius 1 is 1.19 bits per heavy atom. The van der Waals surface area contributed by atoms with Gasteiger partial charge in [-0.25, -0.2) is 9.18 Å². The number of benzene rings is 2. The van der Waals surface area contributed by atoms with Gasteiger partial charge in [0.05, 0.1) is 17.7 Å². The van der Waals surface area contributed by atoms with Crippen LogP contribution in [-0.2, 0) is 10.9 Å². The standard InChI is InChI=1S/C19H14F4O3/c1-2-26-18(25)14-7-11-12(9-17(24)13(11)8-16(14)20)10-5-3-4-6-15(10)19(21,22)23/h3-8,12H,2,9H2,1H3. The lowest BCUT2D eigenvalue weighted by Gasteiger charge is -2.18. The van der Waals surface area contributed by atoms with E-state index in [1.807, 2.05) is 0 Å². The van der Waals surface area contributed by atoms with Crippen molar-refractivity contribution < 1.29 is 31.9 Å². The molecule has 0 fully saturated rings. The molecular formula is C19H14F4O3. The third-order valence-corrected chi connectivity index (χ3v) is 4.34. The van der Waals surface area contributed by atoms with E-state index in [1.165, 1.54) is 18.2 Å². The number of hydrogen-bond donors (Lipinski definition) is 0. The normalized spacial score (nSPS) is 16.5. The minimum absolute atomic E-state index is 0.00229. The van der Waals surface area contributed by atoms with Gasteiger partial charge in [-0.2, -0.15) is 13.2 Å². The molecule has 0 saturated carbocycles. The molecule has 0 aromatic heterocycles. The third kappa shape index (κ3) is 3.09. The van der Waals surface area contributed by atoms with Gasteiger partial charge >= 0.3 is 12.1 Å². The molecule has 0 amide bonds. The van der Waals surface area contributed by atoms with Gasteiger partial charge in [-0.05, 0) is 36.2 Å². The zero-order valence-electron chi connectivity index (χ0n) is 13.7. The number of esters is 1. The van der Waals surface area contributed by atoms with Gasteiger partial charge in [0.15, 0.2) is 5.78 Å². The SMILES string of the molecule is CCOC(=O)c1cc2c(cc1F)C(=O)CC2c1ccccc1C(F)(F)F. The van der Waals surface area contributed by atoms with Gasteiger partial charge in [0.25, 0.3) is 0 Å². The number of ketones is 1. The van der Waals surface area contributed by atoms with Crippen molar-refractivity contribution in [3.63, 3.8) is 0 Å². The Morgan fingerprint density at radius 2 is 1.88 bits per heavy atom. The molecule has 1 atom stereocenters. The van der Waals surface area contributed by atoms with Crippen LogP contribution in [0, 0.1) is 5.82 Å². The molecule has 136 valence electrons. The number of alkyl halides is 3. The molecule has 0 bridgehead atoms. The van der Waals surface area contributed by atoms with Crippen molar-refractivity contribution in [3.05, 3.63) is 70.0 Å². The summed E-state index contributed by atoms with van der Waals surface area (Å²) in [4.78, 5) is 24.1. The first-order valence-electron chi connectivity index (χ1n) is 7.94. The summed E-state index contributed by atoms with van der Waals surface area (Å²) in [7, 11) is 0. The van der Waals surface area contributed by atoms with Gasteiger partial charge in [0, 0.05) is 17.9 Å². The van der Waals surface area contributed by atoms with E-state index >= 15 is 0 Å². The average molecular weight is 366 g/mol. The van der Waals surface area contributed by atoms with Crippen LogP contribution in [0.3, 0.4) is 0 Å². The predicted molar refractivity (Wildman–Crippen MR) is 84.6 cm³/mol. The highest BCUT2D eigenvalue weighted by Gasteiger charge is 2.39. The highest BCUT2D eigenvalue weighted by atomic mass is 19.4. The number of carbonyl (C=O) groups excluding carboxylic acids is 2. The second-order valence-electron chi connectivity index (χ2n) is 5.90. The quantitative estimate of drug-likeness (QED) is 0.582. The van der Waals surface area contributed by atoms with Gasteiger partial charge in [-0.15, -0.1) is 0 Å². The molecule has 1 unspecified atom stereocenters. The number of fused-ring (bicyclic) bond motifs is 1. The zero-order valence-corrected chi connectivity index (χ0v) is 13.7. The van der Waals surface area contributed by atoms with Gasteiger partial charge in [0.1, 0.15) is 5.82 Å². The zero-order chi connectivity index (χ0) is 19.1. The highest BCUT2D eigenvalue weighted by molar-refractivity contribution is 6.03. The van der Waals surface area contributed by atoms with E-state index in [-0.39, 0.29) is 29.7 Å². The summed E-state index contributed by atoms with van der Waals surface area (Å²) in [5.74, 6) is -3.21. The van der Waals surface area contributed by atoms with Crippen LogP contribution >= 0.6 is 0 Å². The van der Waals surface area contributed by atoms with Crippen molar-refractivity contribution in [1.29, 1.82) is 0 Å². The van der Waals surface area contributed by atoms with Crippen LogP contribution in [0.5, 0.6) is 0 Å². The number of carbonyl (C=O) groups is 2. The molecule has 0 heterocycles. The first kappa shape index (κ1) is 18.1. The van der Waals surface area contributed by atoms with Crippen LogP contribution in [0.4, 0.5) is 17.6 Å². The van der Waals surface area contributed by atoms with Crippen LogP contribution in [0.2, 0.25) is 0 Å². The molecule has 0 aliphatic heterocycles. The molecule has 2 aromatic carbocycles. The molecule has 1 aliphatic rings.